The van der Waals surface area contributed by atoms with Gasteiger partial charge in [0.05, 0.1) is 17.1 Å². The molecule has 4 nitrogen and oxygen atoms in total. The van der Waals surface area contributed by atoms with E-state index in [4.69, 9.17) is 16.3 Å². The minimum atomic E-state index is -0.530. The van der Waals surface area contributed by atoms with Crippen LogP contribution in [0.2, 0.25) is 5.02 Å². The minimum absolute atomic E-state index is 0.0822. The fourth-order valence-corrected chi connectivity index (χ4v) is 3.25. The number of amides is 1. The van der Waals surface area contributed by atoms with E-state index in [2.05, 4.69) is 11.4 Å². The molecule has 0 radical (unpaired) electrons. The molecule has 0 fully saturated rings. The van der Waals surface area contributed by atoms with Gasteiger partial charge in [0.1, 0.15) is 5.82 Å². The summed E-state index contributed by atoms with van der Waals surface area (Å²) in [6, 6.07) is 9.69. The second-order valence-electron chi connectivity index (χ2n) is 6.32. The van der Waals surface area contributed by atoms with Crippen molar-refractivity contribution >= 4 is 29.2 Å². The van der Waals surface area contributed by atoms with Gasteiger partial charge in [-0.1, -0.05) is 29.8 Å². The number of benzene rings is 2. The average Bonchev–Trinajstić information content (AvgIpc) is 2.62. The fourth-order valence-electron chi connectivity index (χ4n) is 3.04. The lowest BCUT2D eigenvalue weighted by atomic mass is 9.90. The van der Waals surface area contributed by atoms with Crippen LogP contribution in [0.15, 0.2) is 36.4 Å². The van der Waals surface area contributed by atoms with Gasteiger partial charge in [0.2, 0.25) is 0 Å². The molecule has 0 heterocycles. The van der Waals surface area contributed by atoms with Gasteiger partial charge < -0.3 is 10.1 Å². The Morgan fingerprint density at radius 2 is 1.85 bits per heavy atom. The lowest BCUT2D eigenvalue weighted by molar-refractivity contribution is -0.146. The molecule has 1 aliphatic carbocycles. The monoisotopic (exact) mass is 375 g/mol. The SMILES string of the molecule is O=C(COC(=O)Cc1ccc2c(c1)CCCC2)Nc1ccc(F)cc1Cl. The summed E-state index contributed by atoms with van der Waals surface area (Å²) >= 11 is 5.84. The summed E-state index contributed by atoms with van der Waals surface area (Å²) < 4.78 is 18.0. The Kier molecular flexibility index (Phi) is 5.89. The third-order valence-corrected chi connectivity index (χ3v) is 4.64. The molecule has 0 saturated heterocycles. The van der Waals surface area contributed by atoms with E-state index in [1.165, 1.54) is 36.1 Å². The summed E-state index contributed by atoms with van der Waals surface area (Å²) in [4.78, 5) is 23.8. The largest absolute Gasteiger partial charge is 0.455 e. The standard InChI is InChI=1S/C20H19ClFNO3/c21-17-11-16(22)7-8-18(17)23-19(24)12-26-20(25)10-13-5-6-14-3-1-2-4-15(14)9-13/h5-9,11H,1-4,10,12H2,(H,23,24). The Morgan fingerprint density at radius 3 is 2.62 bits per heavy atom. The predicted molar refractivity (Wildman–Crippen MR) is 97.8 cm³/mol. The highest BCUT2D eigenvalue weighted by atomic mass is 35.5. The second-order valence-corrected chi connectivity index (χ2v) is 6.73. The number of anilines is 1. The number of aryl methyl sites for hydroxylation is 2. The van der Waals surface area contributed by atoms with Gasteiger partial charge >= 0.3 is 5.97 Å². The number of hydrogen-bond acceptors (Lipinski definition) is 3. The van der Waals surface area contributed by atoms with E-state index in [-0.39, 0.29) is 17.1 Å². The van der Waals surface area contributed by atoms with E-state index >= 15 is 0 Å². The Labute approximate surface area is 156 Å². The maximum atomic E-state index is 13.0. The number of rotatable bonds is 5. The van der Waals surface area contributed by atoms with E-state index in [0.717, 1.165) is 24.5 Å². The molecule has 2 aromatic rings. The molecule has 3 rings (SSSR count). The molecular formula is C20H19ClFNO3. The van der Waals surface area contributed by atoms with Crippen LogP contribution in [0.1, 0.15) is 29.5 Å². The molecule has 0 saturated carbocycles. The van der Waals surface area contributed by atoms with Crippen LogP contribution in [0.5, 0.6) is 0 Å². The molecular weight excluding hydrogens is 357 g/mol. The summed E-state index contributed by atoms with van der Waals surface area (Å²) in [5.41, 5.74) is 3.80. The van der Waals surface area contributed by atoms with Crippen molar-refractivity contribution in [1.82, 2.24) is 0 Å². The number of ether oxygens (including phenoxy) is 1. The van der Waals surface area contributed by atoms with Crippen molar-refractivity contribution < 1.29 is 18.7 Å². The van der Waals surface area contributed by atoms with Gasteiger partial charge in [-0.05, 0) is 60.6 Å². The van der Waals surface area contributed by atoms with Gasteiger partial charge in [-0.3, -0.25) is 9.59 Å². The number of nitrogens with one attached hydrogen (secondary N) is 1. The summed E-state index contributed by atoms with van der Waals surface area (Å²) in [6.07, 6.45) is 4.64. The van der Waals surface area contributed by atoms with E-state index in [1.807, 2.05) is 12.1 Å². The summed E-state index contributed by atoms with van der Waals surface area (Å²) in [5, 5.41) is 2.56. The first-order valence-electron chi connectivity index (χ1n) is 8.52. The molecule has 0 aromatic heterocycles. The van der Waals surface area contributed by atoms with Crippen LogP contribution in [-0.2, 0) is 33.6 Å². The Bertz CT molecular complexity index is 838. The maximum Gasteiger partial charge on any atom is 0.310 e. The third-order valence-electron chi connectivity index (χ3n) is 4.33. The topological polar surface area (TPSA) is 55.4 Å². The molecule has 136 valence electrons. The zero-order chi connectivity index (χ0) is 18.5. The number of hydrogen-bond donors (Lipinski definition) is 1. The zero-order valence-corrected chi connectivity index (χ0v) is 14.9. The predicted octanol–water partition coefficient (Wildman–Crippen LogP) is 4.08. The number of esters is 1. The lowest BCUT2D eigenvalue weighted by Gasteiger charge is -2.16. The normalized spacial score (nSPS) is 13.0. The van der Waals surface area contributed by atoms with Crippen LogP contribution in [0.3, 0.4) is 0 Å². The van der Waals surface area contributed by atoms with Gasteiger partial charge in [-0.2, -0.15) is 0 Å². The maximum absolute atomic E-state index is 13.0. The number of carbonyl (C=O) groups is 2. The van der Waals surface area contributed by atoms with Crippen molar-refractivity contribution in [2.24, 2.45) is 0 Å². The smallest absolute Gasteiger partial charge is 0.310 e. The first-order chi connectivity index (χ1) is 12.5. The van der Waals surface area contributed by atoms with Crippen LogP contribution in [0.25, 0.3) is 0 Å². The van der Waals surface area contributed by atoms with E-state index in [0.29, 0.717) is 0 Å². The molecule has 0 aliphatic heterocycles. The number of carbonyl (C=O) groups excluding carboxylic acids is 2. The van der Waals surface area contributed by atoms with Crippen molar-refractivity contribution in [3.05, 3.63) is 63.9 Å². The molecule has 6 heteroatoms. The van der Waals surface area contributed by atoms with Gasteiger partial charge in [0.15, 0.2) is 6.61 Å². The molecule has 0 atom stereocenters. The Hall–Kier alpha value is -2.40. The van der Waals surface area contributed by atoms with Crippen LogP contribution >= 0.6 is 11.6 Å². The van der Waals surface area contributed by atoms with Gasteiger partial charge in [-0.25, -0.2) is 4.39 Å². The van der Waals surface area contributed by atoms with E-state index < -0.39 is 24.3 Å². The fraction of sp³-hybridized carbons (Fsp3) is 0.300. The molecule has 1 aliphatic rings. The van der Waals surface area contributed by atoms with E-state index in [9.17, 15) is 14.0 Å². The van der Waals surface area contributed by atoms with Crippen molar-refractivity contribution in [2.45, 2.75) is 32.1 Å². The lowest BCUT2D eigenvalue weighted by Crippen LogP contribution is -2.22. The summed E-state index contributed by atoms with van der Waals surface area (Å²) in [7, 11) is 0. The van der Waals surface area contributed by atoms with Crippen LogP contribution in [0, 0.1) is 5.82 Å². The summed E-state index contributed by atoms with van der Waals surface area (Å²) in [5.74, 6) is -1.50. The average molecular weight is 376 g/mol. The zero-order valence-electron chi connectivity index (χ0n) is 14.2. The molecule has 0 unspecified atom stereocenters. The molecule has 26 heavy (non-hydrogen) atoms. The molecule has 1 amide bonds. The number of halogens is 2. The first-order valence-corrected chi connectivity index (χ1v) is 8.90. The van der Waals surface area contributed by atoms with Gasteiger partial charge in [0.25, 0.3) is 5.91 Å². The molecule has 0 bridgehead atoms. The number of fused-ring (bicyclic) bond motifs is 1. The first kappa shape index (κ1) is 18.4. The van der Waals surface area contributed by atoms with Crippen molar-refractivity contribution in [3.8, 4) is 0 Å². The van der Waals surface area contributed by atoms with Crippen LogP contribution < -0.4 is 5.32 Å². The van der Waals surface area contributed by atoms with Crippen molar-refractivity contribution in [3.63, 3.8) is 0 Å². The third kappa shape index (κ3) is 4.82. The summed E-state index contributed by atoms with van der Waals surface area (Å²) in [6.45, 7) is -0.419. The van der Waals surface area contributed by atoms with Crippen molar-refractivity contribution in [1.29, 1.82) is 0 Å². The van der Waals surface area contributed by atoms with Gasteiger partial charge in [0, 0.05) is 0 Å². The highest BCUT2D eigenvalue weighted by molar-refractivity contribution is 6.33. The highest BCUT2D eigenvalue weighted by Crippen LogP contribution is 2.23. The highest BCUT2D eigenvalue weighted by Gasteiger charge is 2.13. The van der Waals surface area contributed by atoms with E-state index in [1.54, 1.807) is 0 Å². The molecule has 1 N–H and O–H groups in total. The van der Waals surface area contributed by atoms with Crippen molar-refractivity contribution in [2.75, 3.05) is 11.9 Å². The molecule has 0 spiro atoms. The van der Waals surface area contributed by atoms with Gasteiger partial charge in [-0.15, -0.1) is 0 Å². The molecule has 2 aromatic carbocycles. The van der Waals surface area contributed by atoms with Crippen LogP contribution in [-0.4, -0.2) is 18.5 Å². The quantitative estimate of drug-likeness (QED) is 0.801. The van der Waals surface area contributed by atoms with Crippen LogP contribution in [0.4, 0.5) is 10.1 Å². The Morgan fingerprint density at radius 1 is 1.08 bits per heavy atom. The second kappa shape index (κ2) is 8.32. The minimum Gasteiger partial charge on any atom is -0.455 e. The Balaban J connectivity index is 1.50.